The van der Waals surface area contributed by atoms with E-state index >= 15 is 0 Å². The summed E-state index contributed by atoms with van der Waals surface area (Å²) in [5.41, 5.74) is 0.543. The van der Waals surface area contributed by atoms with Gasteiger partial charge in [-0.3, -0.25) is 0 Å². The number of benzene rings is 1. The SMILES string of the molecule is Cc1ccccc1S(=O)(=O)N1CCC(O)CC(C)(C)C1. The lowest BCUT2D eigenvalue weighted by Gasteiger charge is -2.29. The maximum absolute atomic E-state index is 12.8. The van der Waals surface area contributed by atoms with Gasteiger partial charge in [0.2, 0.25) is 10.0 Å². The topological polar surface area (TPSA) is 57.6 Å². The third-order valence-electron chi connectivity index (χ3n) is 3.82. The van der Waals surface area contributed by atoms with Gasteiger partial charge in [0.1, 0.15) is 0 Å². The first-order valence-electron chi connectivity index (χ1n) is 6.96. The molecule has 2 rings (SSSR count). The fourth-order valence-electron chi connectivity index (χ4n) is 2.84. The van der Waals surface area contributed by atoms with Gasteiger partial charge in [0.15, 0.2) is 0 Å². The normalized spacial score (nSPS) is 24.3. The summed E-state index contributed by atoms with van der Waals surface area (Å²) >= 11 is 0. The van der Waals surface area contributed by atoms with Gasteiger partial charge >= 0.3 is 0 Å². The summed E-state index contributed by atoms with van der Waals surface area (Å²) in [5, 5.41) is 9.91. The van der Waals surface area contributed by atoms with Gasteiger partial charge in [-0.15, -0.1) is 0 Å². The fraction of sp³-hybridized carbons (Fsp3) is 0.600. The lowest BCUT2D eigenvalue weighted by molar-refractivity contribution is 0.122. The molecule has 1 unspecified atom stereocenters. The minimum absolute atomic E-state index is 0.217. The van der Waals surface area contributed by atoms with Gasteiger partial charge < -0.3 is 5.11 Å². The molecule has 1 saturated heterocycles. The highest BCUT2D eigenvalue weighted by atomic mass is 32.2. The molecule has 1 aromatic rings. The van der Waals surface area contributed by atoms with Crippen molar-refractivity contribution in [1.29, 1.82) is 0 Å². The summed E-state index contributed by atoms with van der Waals surface area (Å²) in [6.07, 6.45) is 0.698. The second-order valence-corrected chi connectivity index (χ2v) is 8.32. The zero-order chi connectivity index (χ0) is 15.0. The van der Waals surface area contributed by atoms with Crippen LogP contribution >= 0.6 is 0 Å². The van der Waals surface area contributed by atoms with E-state index in [-0.39, 0.29) is 5.41 Å². The van der Waals surface area contributed by atoms with E-state index < -0.39 is 16.1 Å². The molecule has 0 aromatic heterocycles. The number of hydrogen-bond acceptors (Lipinski definition) is 3. The van der Waals surface area contributed by atoms with Gasteiger partial charge in [0.05, 0.1) is 11.0 Å². The predicted molar refractivity (Wildman–Crippen MR) is 79.0 cm³/mol. The van der Waals surface area contributed by atoms with Crippen LogP contribution in [0.25, 0.3) is 0 Å². The Hall–Kier alpha value is -0.910. The Labute approximate surface area is 121 Å². The van der Waals surface area contributed by atoms with Crippen molar-refractivity contribution in [2.24, 2.45) is 5.41 Å². The van der Waals surface area contributed by atoms with Gasteiger partial charge in [-0.05, 0) is 36.8 Å². The molecule has 1 N–H and O–H groups in total. The van der Waals surface area contributed by atoms with Gasteiger partial charge in [0.25, 0.3) is 0 Å². The molecule has 4 nitrogen and oxygen atoms in total. The van der Waals surface area contributed by atoms with E-state index in [0.29, 0.717) is 30.8 Å². The van der Waals surface area contributed by atoms with Crippen LogP contribution in [0.2, 0.25) is 0 Å². The molecule has 1 fully saturated rings. The standard InChI is InChI=1S/C15H23NO3S/c1-12-6-4-5-7-14(12)20(18,19)16-9-8-13(17)10-15(2,3)11-16/h4-7,13,17H,8-11H2,1-3H3. The van der Waals surface area contributed by atoms with Gasteiger partial charge in [-0.25, -0.2) is 8.42 Å². The summed E-state index contributed by atoms with van der Waals surface area (Å²) in [6.45, 7) is 6.64. The lowest BCUT2D eigenvalue weighted by atomic mass is 9.87. The van der Waals surface area contributed by atoms with E-state index in [1.807, 2.05) is 32.9 Å². The van der Waals surface area contributed by atoms with Gasteiger partial charge in [-0.2, -0.15) is 4.31 Å². The Bertz CT molecular complexity index is 581. The molecule has 20 heavy (non-hydrogen) atoms. The van der Waals surface area contributed by atoms with Crippen LogP contribution in [0, 0.1) is 12.3 Å². The third-order valence-corrected chi connectivity index (χ3v) is 5.82. The Morgan fingerprint density at radius 2 is 1.95 bits per heavy atom. The van der Waals surface area contributed by atoms with Crippen LogP contribution in [-0.2, 0) is 10.0 Å². The summed E-state index contributed by atoms with van der Waals surface area (Å²) in [7, 11) is -3.49. The highest BCUT2D eigenvalue weighted by Crippen LogP contribution is 2.31. The molecule has 1 aliphatic rings. The van der Waals surface area contributed by atoms with Crippen LogP contribution < -0.4 is 0 Å². The second kappa shape index (κ2) is 5.47. The maximum atomic E-state index is 12.8. The Morgan fingerprint density at radius 3 is 2.60 bits per heavy atom. The molecular formula is C15H23NO3S. The van der Waals surface area contributed by atoms with E-state index in [9.17, 15) is 13.5 Å². The zero-order valence-electron chi connectivity index (χ0n) is 12.3. The largest absolute Gasteiger partial charge is 0.393 e. The van der Waals surface area contributed by atoms with Crippen molar-refractivity contribution in [3.8, 4) is 0 Å². The Kier molecular flexibility index (Phi) is 4.23. The number of rotatable bonds is 2. The minimum Gasteiger partial charge on any atom is -0.393 e. The molecule has 0 bridgehead atoms. The Balaban J connectivity index is 2.37. The molecule has 0 amide bonds. The summed E-state index contributed by atoms with van der Waals surface area (Å²) in [4.78, 5) is 0.368. The number of hydrogen-bond donors (Lipinski definition) is 1. The van der Waals surface area contributed by atoms with Gasteiger partial charge in [0, 0.05) is 13.1 Å². The first-order valence-corrected chi connectivity index (χ1v) is 8.40. The van der Waals surface area contributed by atoms with Crippen LogP contribution in [0.1, 0.15) is 32.3 Å². The van der Waals surface area contributed by atoms with Crippen molar-refractivity contribution < 1.29 is 13.5 Å². The van der Waals surface area contributed by atoms with Crippen LogP contribution in [0.4, 0.5) is 0 Å². The molecule has 1 aromatic carbocycles. The van der Waals surface area contributed by atoms with Crippen molar-refractivity contribution >= 4 is 10.0 Å². The predicted octanol–water partition coefficient (Wildman–Crippen LogP) is 2.17. The minimum atomic E-state index is -3.49. The van der Waals surface area contributed by atoms with E-state index in [1.54, 1.807) is 12.1 Å². The van der Waals surface area contributed by atoms with Crippen molar-refractivity contribution in [1.82, 2.24) is 4.31 Å². The molecule has 1 atom stereocenters. The number of aliphatic hydroxyl groups is 1. The van der Waals surface area contributed by atoms with Crippen LogP contribution in [0.5, 0.6) is 0 Å². The third kappa shape index (κ3) is 3.22. The average molecular weight is 297 g/mol. The molecule has 1 heterocycles. The summed E-state index contributed by atoms with van der Waals surface area (Å²) < 4.78 is 27.1. The average Bonchev–Trinajstić information content (AvgIpc) is 2.47. The van der Waals surface area contributed by atoms with E-state index in [0.717, 1.165) is 5.56 Å². The number of aliphatic hydroxyl groups excluding tert-OH is 1. The Morgan fingerprint density at radius 1 is 1.30 bits per heavy atom. The number of aryl methyl sites for hydroxylation is 1. The van der Waals surface area contributed by atoms with E-state index in [1.165, 1.54) is 4.31 Å². The summed E-state index contributed by atoms with van der Waals surface area (Å²) in [5.74, 6) is 0. The molecule has 0 saturated carbocycles. The molecule has 0 spiro atoms. The highest BCUT2D eigenvalue weighted by molar-refractivity contribution is 7.89. The van der Waals surface area contributed by atoms with Crippen LogP contribution in [0.15, 0.2) is 29.2 Å². The molecule has 0 radical (unpaired) electrons. The first-order chi connectivity index (χ1) is 9.22. The van der Waals surface area contributed by atoms with Crippen LogP contribution in [-0.4, -0.2) is 37.0 Å². The highest BCUT2D eigenvalue weighted by Gasteiger charge is 2.35. The smallest absolute Gasteiger partial charge is 0.243 e. The molecule has 0 aliphatic carbocycles. The number of nitrogens with zero attached hydrogens (tertiary/aromatic N) is 1. The van der Waals surface area contributed by atoms with E-state index in [4.69, 9.17) is 0 Å². The molecule has 5 heteroatoms. The number of sulfonamides is 1. The zero-order valence-corrected chi connectivity index (χ0v) is 13.2. The molecule has 1 aliphatic heterocycles. The quantitative estimate of drug-likeness (QED) is 0.910. The monoisotopic (exact) mass is 297 g/mol. The van der Waals surface area contributed by atoms with E-state index in [2.05, 4.69) is 0 Å². The second-order valence-electron chi connectivity index (χ2n) is 6.41. The molecular weight excluding hydrogens is 274 g/mol. The van der Waals surface area contributed by atoms with Crippen molar-refractivity contribution in [3.63, 3.8) is 0 Å². The van der Waals surface area contributed by atoms with Gasteiger partial charge in [-0.1, -0.05) is 32.0 Å². The van der Waals surface area contributed by atoms with Crippen LogP contribution in [0.3, 0.4) is 0 Å². The molecule has 112 valence electrons. The van der Waals surface area contributed by atoms with Crippen molar-refractivity contribution in [2.45, 2.75) is 44.6 Å². The van der Waals surface area contributed by atoms with Crippen molar-refractivity contribution in [2.75, 3.05) is 13.1 Å². The first kappa shape index (κ1) is 15.5. The lowest BCUT2D eigenvalue weighted by Crippen LogP contribution is -2.37. The summed E-state index contributed by atoms with van der Waals surface area (Å²) in [6, 6.07) is 7.05. The fourth-order valence-corrected chi connectivity index (χ4v) is 4.71. The maximum Gasteiger partial charge on any atom is 0.243 e. The van der Waals surface area contributed by atoms with Crippen molar-refractivity contribution in [3.05, 3.63) is 29.8 Å².